The number of hydrogen-bond donors (Lipinski definition) is 1. The molecule has 1 N–H and O–H groups in total. The third kappa shape index (κ3) is 2.43. The van der Waals surface area contributed by atoms with E-state index in [1.165, 1.54) is 0 Å². The molecule has 0 unspecified atom stereocenters. The maximum absolute atomic E-state index is 13.7. The Labute approximate surface area is 165 Å². The Balaban J connectivity index is 2.69. The summed E-state index contributed by atoms with van der Waals surface area (Å²) in [5.74, 6) is -0.916. The molecule has 3 rings (SSSR count). The second-order valence-electron chi connectivity index (χ2n) is 8.52. The lowest BCUT2D eigenvalue weighted by molar-refractivity contribution is -0.142. The molecule has 28 heavy (non-hydrogen) atoms. The Bertz CT molecular complexity index is 1240. The van der Waals surface area contributed by atoms with E-state index in [9.17, 15) is 14.7 Å². The minimum Gasteiger partial charge on any atom is -0.481 e. The van der Waals surface area contributed by atoms with E-state index < -0.39 is 11.4 Å². The lowest BCUT2D eigenvalue weighted by Crippen LogP contribution is -2.31. The topological polar surface area (TPSA) is 67.5 Å². The SMILES string of the molecule is Cc1c(C)c(C)c2c(=O)c3c(C)c(C(C)(C)C(=O)O)c(C)c(C)c3oc2c1C. The van der Waals surface area contributed by atoms with Crippen LogP contribution in [0.4, 0.5) is 0 Å². The fraction of sp³-hybridized carbons (Fsp3) is 0.417. The fourth-order valence-corrected chi connectivity index (χ4v) is 4.47. The summed E-state index contributed by atoms with van der Waals surface area (Å²) in [4.78, 5) is 25.6. The molecule has 0 radical (unpaired) electrons. The Morgan fingerprint density at radius 2 is 1.14 bits per heavy atom. The van der Waals surface area contributed by atoms with Crippen molar-refractivity contribution in [2.45, 2.75) is 67.7 Å². The average molecular weight is 380 g/mol. The average Bonchev–Trinajstić information content (AvgIpc) is 2.61. The smallest absolute Gasteiger partial charge is 0.313 e. The molecule has 148 valence electrons. The Hall–Kier alpha value is -2.62. The molecule has 0 fully saturated rings. The summed E-state index contributed by atoms with van der Waals surface area (Å²) in [5, 5.41) is 10.9. The monoisotopic (exact) mass is 380 g/mol. The van der Waals surface area contributed by atoms with Gasteiger partial charge in [-0.25, -0.2) is 0 Å². The number of aliphatic carboxylic acids is 1. The number of benzene rings is 2. The predicted octanol–water partition coefficient (Wildman–Crippen LogP) is 5.47. The molecule has 0 saturated heterocycles. The summed E-state index contributed by atoms with van der Waals surface area (Å²) in [5.41, 5.74) is 7.17. The van der Waals surface area contributed by atoms with Gasteiger partial charge in [0.2, 0.25) is 5.43 Å². The molecule has 1 aromatic heterocycles. The van der Waals surface area contributed by atoms with E-state index in [2.05, 4.69) is 0 Å². The summed E-state index contributed by atoms with van der Waals surface area (Å²) in [6.07, 6.45) is 0. The van der Waals surface area contributed by atoms with Crippen LogP contribution in [-0.2, 0) is 10.2 Å². The van der Waals surface area contributed by atoms with Crippen LogP contribution in [-0.4, -0.2) is 11.1 Å². The summed E-state index contributed by atoms with van der Waals surface area (Å²) >= 11 is 0. The van der Waals surface area contributed by atoms with Crippen molar-refractivity contribution in [2.75, 3.05) is 0 Å². The third-order valence-electron chi connectivity index (χ3n) is 6.70. The highest BCUT2D eigenvalue weighted by atomic mass is 16.4. The minimum absolute atomic E-state index is 0.0806. The molecule has 0 bridgehead atoms. The first-order valence-electron chi connectivity index (χ1n) is 9.54. The van der Waals surface area contributed by atoms with Gasteiger partial charge in [0.25, 0.3) is 0 Å². The van der Waals surface area contributed by atoms with Gasteiger partial charge in [-0.1, -0.05) is 0 Å². The molecule has 0 amide bonds. The van der Waals surface area contributed by atoms with Gasteiger partial charge in [0.1, 0.15) is 11.2 Å². The summed E-state index contributed by atoms with van der Waals surface area (Å²) in [6, 6.07) is 0. The molecule has 2 aromatic carbocycles. The molecule has 0 saturated carbocycles. The molecule has 4 heteroatoms. The van der Waals surface area contributed by atoms with E-state index in [-0.39, 0.29) is 5.43 Å². The zero-order valence-corrected chi connectivity index (χ0v) is 18.2. The molecule has 3 aromatic rings. The molecule has 4 nitrogen and oxygen atoms in total. The van der Waals surface area contributed by atoms with Gasteiger partial charge >= 0.3 is 5.97 Å². The van der Waals surface area contributed by atoms with Gasteiger partial charge in [0.15, 0.2) is 0 Å². The van der Waals surface area contributed by atoms with E-state index in [1.54, 1.807) is 13.8 Å². The van der Waals surface area contributed by atoms with Crippen molar-refractivity contribution in [3.8, 4) is 0 Å². The van der Waals surface area contributed by atoms with Crippen LogP contribution in [0.3, 0.4) is 0 Å². The van der Waals surface area contributed by atoms with Crippen molar-refractivity contribution in [3.05, 3.63) is 54.7 Å². The third-order valence-corrected chi connectivity index (χ3v) is 6.70. The van der Waals surface area contributed by atoms with Crippen molar-refractivity contribution < 1.29 is 14.3 Å². The van der Waals surface area contributed by atoms with E-state index in [0.29, 0.717) is 33.1 Å². The molecule has 0 spiro atoms. The Morgan fingerprint density at radius 3 is 1.64 bits per heavy atom. The van der Waals surface area contributed by atoms with Gasteiger partial charge in [-0.15, -0.1) is 0 Å². The lowest BCUT2D eigenvalue weighted by Gasteiger charge is -2.27. The normalized spacial score (nSPS) is 12.2. The van der Waals surface area contributed by atoms with Gasteiger partial charge in [-0.05, 0) is 107 Å². The fourth-order valence-electron chi connectivity index (χ4n) is 4.47. The van der Waals surface area contributed by atoms with Gasteiger partial charge in [0, 0.05) is 0 Å². The molecule has 0 atom stereocenters. The zero-order valence-electron chi connectivity index (χ0n) is 18.2. The van der Waals surface area contributed by atoms with Crippen molar-refractivity contribution in [2.24, 2.45) is 0 Å². The standard InChI is InChI=1S/C24H28O4/c1-10-11(2)14(5)21-17(12(10)3)20(25)18-16(7)19(24(8,9)23(26)27)13(4)15(6)22(18)28-21/h1-9H3,(H,26,27). The van der Waals surface area contributed by atoms with Crippen LogP contribution in [0.1, 0.15) is 58.4 Å². The van der Waals surface area contributed by atoms with Crippen LogP contribution < -0.4 is 5.43 Å². The number of carboxylic acid groups (broad SMARTS) is 1. The number of aryl methyl sites for hydroxylation is 4. The van der Waals surface area contributed by atoms with Gasteiger partial charge in [-0.2, -0.15) is 0 Å². The van der Waals surface area contributed by atoms with E-state index >= 15 is 0 Å². The Morgan fingerprint density at radius 1 is 0.714 bits per heavy atom. The van der Waals surface area contributed by atoms with Crippen molar-refractivity contribution >= 4 is 27.9 Å². The first-order valence-corrected chi connectivity index (χ1v) is 9.54. The first kappa shape index (κ1) is 20.1. The lowest BCUT2D eigenvalue weighted by atomic mass is 9.77. The van der Waals surface area contributed by atoms with Crippen molar-refractivity contribution in [1.29, 1.82) is 0 Å². The van der Waals surface area contributed by atoms with Gasteiger partial charge in [0.05, 0.1) is 16.2 Å². The summed E-state index contributed by atoms with van der Waals surface area (Å²) in [6.45, 7) is 17.0. The van der Waals surface area contributed by atoms with Crippen molar-refractivity contribution in [1.82, 2.24) is 0 Å². The van der Waals surface area contributed by atoms with Crippen LogP contribution in [0.2, 0.25) is 0 Å². The largest absolute Gasteiger partial charge is 0.481 e. The number of carboxylic acids is 1. The molecule has 0 aliphatic heterocycles. The maximum Gasteiger partial charge on any atom is 0.313 e. The first-order chi connectivity index (χ1) is 12.8. The zero-order chi connectivity index (χ0) is 21.3. The molecule has 0 aliphatic carbocycles. The summed E-state index contributed by atoms with van der Waals surface area (Å²) in [7, 11) is 0. The predicted molar refractivity (Wildman–Crippen MR) is 114 cm³/mol. The van der Waals surface area contributed by atoms with Gasteiger partial charge in [-0.3, -0.25) is 9.59 Å². The van der Waals surface area contributed by atoms with Crippen LogP contribution in [0, 0.1) is 48.5 Å². The molecular weight excluding hydrogens is 352 g/mol. The minimum atomic E-state index is -1.11. The maximum atomic E-state index is 13.7. The van der Waals surface area contributed by atoms with Crippen LogP contribution >= 0.6 is 0 Å². The molecule has 1 heterocycles. The highest BCUT2D eigenvalue weighted by Crippen LogP contribution is 2.38. The summed E-state index contributed by atoms with van der Waals surface area (Å²) < 4.78 is 6.35. The van der Waals surface area contributed by atoms with E-state index in [1.807, 2.05) is 48.5 Å². The van der Waals surface area contributed by atoms with Crippen molar-refractivity contribution in [3.63, 3.8) is 0 Å². The number of hydrogen-bond acceptors (Lipinski definition) is 3. The second kappa shape index (κ2) is 6.20. The second-order valence-corrected chi connectivity index (χ2v) is 8.52. The number of rotatable bonds is 2. The number of fused-ring (bicyclic) bond motifs is 2. The highest BCUT2D eigenvalue weighted by Gasteiger charge is 2.35. The molecule has 0 aliphatic rings. The van der Waals surface area contributed by atoms with Crippen LogP contribution in [0.15, 0.2) is 9.21 Å². The highest BCUT2D eigenvalue weighted by molar-refractivity contribution is 5.98. The van der Waals surface area contributed by atoms with E-state index in [4.69, 9.17) is 4.42 Å². The quantitative estimate of drug-likeness (QED) is 0.599. The van der Waals surface area contributed by atoms with Crippen LogP contribution in [0.5, 0.6) is 0 Å². The van der Waals surface area contributed by atoms with Crippen LogP contribution in [0.25, 0.3) is 21.9 Å². The van der Waals surface area contributed by atoms with Gasteiger partial charge < -0.3 is 9.52 Å². The molecular formula is C24H28O4. The van der Waals surface area contributed by atoms with E-state index in [0.717, 1.165) is 33.4 Å². The number of carbonyl (C=O) groups is 1. The Kier molecular flexibility index (Phi) is 4.45.